The van der Waals surface area contributed by atoms with E-state index in [0.29, 0.717) is 25.3 Å². The summed E-state index contributed by atoms with van der Waals surface area (Å²) in [5.74, 6) is -1.36. The van der Waals surface area contributed by atoms with E-state index in [1.54, 1.807) is 6.07 Å². The summed E-state index contributed by atoms with van der Waals surface area (Å²) in [6.07, 6.45) is -6.04. The number of hydrogen-bond donors (Lipinski definition) is 1. The number of benzene rings is 1. The van der Waals surface area contributed by atoms with Gasteiger partial charge in [0, 0.05) is 9.35 Å². The fraction of sp³-hybridized carbons (Fsp3) is 0.167. The first kappa shape index (κ1) is 15.9. The van der Waals surface area contributed by atoms with Crippen molar-refractivity contribution in [1.29, 1.82) is 0 Å². The van der Waals surface area contributed by atoms with Gasteiger partial charge in [0.15, 0.2) is 0 Å². The van der Waals surface area contributed by atoms with Crippen molar-refractivity contribution in [2.75, 3.05) is 0 Å². The number of hydrogen-bond acceptors (Lipinski definition) is 2. The summed E-state index contributed by atoms with van der Waals surface area (Å²) in [4.78, 5) is 0.448. The van der Waals surface area contributed by atoms with E-state index in [4.69, 9.17) is 0 Å². The highest BCUT2D eigenvalue weighted by molar-refractivity contribution is 9.13. The quantitative estimate of drug-likeness (QED) is 0.619. The molecule has 1 atom stereocenters. The van der Waals surface area contributed by atoms with E-state index in [9.17, 15) is 22.7 Å². The fourth-order valence-electron chi connectivity index (χ4n) is 1.59. The molecule has 1 aromatic heterocycles. The van der Waals surface area contributed by atoms with Crippen LogP contribution in [0.25, 0.3) is 0 Å². The minimum Gasteiger partial charge on any atom is -0.383 e. The molecule has 0 radical (unpaired) electrons. The van der Waals surface area contributed by atoms with Gasteiger partial charge in [-0.15, -0.1) is 11.3 Å². The minimum atomic E-state index is -4.80. The Morgan fingerprint density at radius 1 is 1.15 bits per heavy atom. The van der Waals surface area contributed by atoms with Crippen LogP contribution in [-0.4, -0.2) is 5.11 Å². The van der Waals surface area contributed by atoms with Crippen LogP contribution < -0.4 is 0 Å². The van der Waals surface area contributed by atoms with Crippen LogP contribution in [-0.2, 0) is 6.18 Å². The third-order valence-electron chi connectivity index (χ3n) is 2.55. The Kier molecular flexibility index (Phi) is 4.58. The minimum absolute atomic E-state index is 0.0139. The number of aliphatic hydroxyl groups excluding tert-OH is 1. The lowest BCUT2D eigenvalue weighted by Gasteiger charge is -2.13. The molecule has 8 heteroatoms. The summed E-state index contributed by atoms with van der Waals surface area (Å²) in [7, 11) is 0. The maximum absolute atomic E-state index is 13.2. The lowest BCUT2D eigenvalue weighted by molar-refractivity contribution is -0.140. The first-order valence-corrected chi connectivity index (χ1v) is 7.60. The summed E-state index contributed by atoms with van der Waals surface area (Å²) < 4.78 is 52.5. The van der Waals surface area contributed by atoms with Crippen LogP contribution in [0.1, 0.15) is 22.1 Å². The maximum atomic E-state index is 13.2. The van der Waals surface area contributed by atoms with E-state index >= 15 is 0 Å². The maximum Gasteiger partial charge on any atom is 0.419 e. The zero-order valence-corrected chi connectivity index (χ0v) is 13.5. The summed E-state index contributed by atoms with van der Waals surface area (Å²) in [6.45, 7) is 0. The molecule has 2 rings (SSSR count). The summed E-state index contributed by atoms with van der Waals surface area (Å²) in [5, 5.41) is 10.1. The average Bonchev–Trinajstić information content (AvgIpc) is 2.68. The first-order chi connectivity index (χ1) is 9.20. The van der Waals surface area contributed by atoms with E-state index in [-0.39, 0.29) is 5.56 Å². The van der Waals surface area contributed by atoms with Crippen molar-refractivity contribution in [3.05, 3.63) is 54.3 Å². The second-order valence-electron chi connectivity index (χ2n) is 3.91. The van der Waals surface area contributed by atoms with E-state index in [1.165, 1.54) is 11.3 Å². The van der Waals surface area contributed by atoms with E-state index < -0.39 is 23.7 Å². The number of halogens is 6. The number of rotatable bonds is 2. The van der Waals surface area contributed by atoms with Gasteiger partial charge in [-0.2, -0.15) is 13.2 Å². The van der Waals surface area contributed by atoms with Crippen LogP contribution in [0.2, 0.25) is 0 Å². The zero-order valence-electron chi connectivity index (χ0n) is 9.51. The van der Waals surface area contributed by atoms with E-state index in [0.717, 1.165) is 6.07 Å². The molecule has 0 fully saturated rings. The van der Waals surface area contributed by atoms with Gasteiger partial charge in [0.05, 0.1) is 9.35 Å². The molecule has 1 N–H and O–H groups in total. The van der Waals surface area contributed by atoms with Crippen molar-refractivity contribution in [2.45, 2.75) is 12.3 Å². The predicted molar refractivity (Wildman–Crippen MR) is 75.2 cm³/mol. The Bertz CT molecular complexity index is 619. The molecule has 0 spiro atoms. The van der Waals surface area contributed by atoms with Crippen molar-refractivity contribution in [2.24, 2.45) is 0 Å². The van der Waals surface area contributed by atoms with Gasteiger partial charge in [0.2, 0.25) is 0 Å². The van der Waals surface area contributed by atoms with Gasteiger partial charge in [-0.05, 0) is 55.6 Å². The molecule has 0 aliphatic heterocycles. The van der Waals surface area contributed by atoms with Crippen LogP contribution in [0.3, 0.4) is 0 Å². The molecule has 0 bridgehead atoms. The lowest BCUT2D eigenvalue weighted by atomic mass is 10.0. The summed E-state index contributed by atoms with van der Waals surface area (Å²) in [5.41, 5.74) is -1.40. The standard InChI is InChI=1S/C12H6Br2F4OS/c13-7-4-9(20-11(7)14)10(19)5-1-2-8(15)6(3-5)12(16,17)18/h1-4,10,19H. The van der Waals surface area contributed by atoms with Crippen molar-refractivity contribution in [3.63, 3.8) is 0 Å². The van der Waals surface area contributed by atoms with Crippen LogP contribution in [0.4, 0.5) is 17.6 Å². The SMILES string of the molecule is OC(c1ccc(F)c(C(F)(F)F)c1)c1cc(Br)c(Br)s1. The van der Waals surface area contributed by atoms with Gasteiger partial charge >= 0.3 is 6.18 Å². The highest BCUT2D eigenvalue weighted by Crippen LogP contribution is 2.39. The molecule has 0 saturated carbocycles. The van der Waals surface area contributed by atoms with Gasteiger partial charge < -0.3 is 5.11 Å². The predicted octanol–water partition coefficient (Wildman–Crippen LogP) is 5.51. The monoisotopic (exact) mass is 432 g/mol. The van der Waals surface area contributed by atoms with Crippen LogP contribution in [0.5, 0.6) is 0 Å². The molecule has 1 aromatic carbocycles. The van der Waals surface area contributed by atoms with Crippen molar-refractivity contribution in [3.8, 4) is 0 Å². The molecular weight excluding hydrogens is 428 g/mol. The number of thiophene rings is 1. The van der Waals surface area contributed by atoms with Gasteiger partial charge in [-0.1, -0.05) is 6.07 Å². The van der Waals surface area contributed by atoms with Gasteiger partial charge in [-0.3, -0.25) is 0 Å². The molecular formula is C12H6Br2F4OS. The van der Waals surface area contributed by atoms with Crippen molar-refractivity contribution in [1.82, 2.24) is 0 Å². The fourth-order valence-corrected chi connectivity index (χ4v) is 3.70. The van der Waals surface area contributed by atoms with E-state index in [2.05, 4.69) is 31.9 Å². The lowest BCUT2D eigenvalue weighted by Crippen LogP contribution is -2.10. The van der Waals surface area contributed by atoms with Gasteiger partial charge in [0.1, 0.15) is 11.9 Å². The van der Waals surface area contributed by atoms with Gasteiger partial charge in [0.25, 0.3) is 0 Å². The summed E-state index contributed by atoms with van der Waals surface area (Å²) in [6, 6.07) is 4.06. The zero-order chi connectivity index (χ0) is 15.1. The topological polar surface area (TPSA) is 20.2 Å². The number of aliphatic hydroxyl groups is 1. The van der Waals surface area contributed by atoms with Crippen LogP contribution >= 0.6 is 43.2 Å². The molecule has 108 valence electrons. The molecule has 1 heterocycles. The molecule has 0 saturated heterocycles. The Morgan fingerprint density at radius 2 is 1.80 bits per heavy atom. The molecule has 2 aromatic rings. The van der Waals surface area contributed by atoms with Crippen LogP contribution in [0.15, 0.2) is 32.5 Å². The Hall–Kier alpha value is -0.440. The molecule has 0 amide bonds. The molecule has 1 nitrogen and oxygen atoms in total. The second-order valence-corrected chi connectivity index (χ2v) is 7.17. The van der Waals surface area contributed by atoms with Crippen molar-refractivity contribution >= 4 is 43.2 Å². The average molecular weight is 434 g/mol. The van der Waals surface area contributed by atoms with E-state index in [1.807, 2.05) is 0 Å². The van der Waals surface area contributed by atoms with Gasteiger partial charge in [-0.25, -0.2) is 4.39 Å². The largest absolute Gasteiger partial charge is 0.419 e. The molecule has 20 heavy (non-hydrogen) atoms. The molecule has 1 unspecified atom stereocenters. The Balaban J connectivity index is 2.43. The Labute approximate surface area is 132 Å². The van der Waals surface area contributed by atoms with Crippen LogP contribution in [0, 0.1) is 5.82 Å². The summed E-state index contributed by atoms with van der Waals surface area (Å²) >= 11 is 7.64. The Morgan fingerprint density at radius 3 is 2.30 bits per heavy atom. The second kappa shape index (κ2) is 5.75. The third kappa shape index (κ3) is 3.24. The molecule has 0 aliphatic rings. The highest BCUT2D eigenvalue weighted by Gasteiger charge is 2.34. The number of alkyl halides is 3. The van der Waals surface area contributed by atoms with Crippen molar-refractivity contribution < 1.29 is 22.7 Å². The first-order valence-electron chi connectivity index (χ1n) is 5.19. The molecule has 0 aliphatic carbocycles. The normalized spacial score (nSPS) is 13.6. The smallest absolute Gasteiger partial charge is 0.383 e. The highest BCUT2D eigenvalue weighted by atomic mass is 79.9. The third-order valence-corrected chi connectivity index (χ3v) is 5.85.